The third-order valence-electron chi connectivity index (χ3n) is 6.22. The molecule has 1 unspecified atom stereocenters. The number of rotatable bonds is 7. The van der Waals surface area contributed by atoms with Gasteiger partial charge in [0.25, 0.3) is 0 Å². The third kappa shape index (κ3) is 7.62. The molecule has 1 heterocycles. The Bertz CT molecular complexity index is 852. The molecule has 1 aliphatic heterocycles. The number of benzene rings is 1. The summed E-state index contributed by atoms with van der Waals surface area (Å²) in [5, 5.41) is 2.48. The van der Waals surface area contributed by atoms with Crippen LogP contribution in [0.3, 0.4) is 0 Å². The quantitative estimate of drug-likeness (QED) is 0.510. The second kappa shape index (κ2) is 10.8. The molecule has 1 aromatic rings. The zero-order valence-corrected chi connectivity index (χ0v) is 18.2. The summed E-state index contributed by atoms with van der Waals surface area (Å²) < 4.78 is 77.9. The molecular formula is C24H28F6N2O. The molecule has 0 radical (unpaired) electrons. The maximum Gasteiger partial charge on any atom is 0.416 e. The number of hydrogen-bond acceptors (Lipinski definition) is 2. The Kier molecular flexibility index (Phi) is 8.26. The molecule has 1 aromatic carbocycles. The zero-order valence-electron chi connectivity index (χ0n) is 18.2. The second-order valence-corrected chi connectivity index (χ2v) is 8.68. The Hall–Kier alpha value is -2.29. The van der Waals surface area contributed by atoms with E-state index in [4.69, 9.17) is 0 Å². The number of piperidine rings is 1. The van der Waals surface area contributed by atoms with Gasteiger partial charge in [-0.2, -0.15) is 26.3 Å². The van der Waals surface area contributed by atoms with Crippen LogP contribution in [0.15, 0.2) is 53.6 Å². The third-order valence-corrected chi connectivity index (χ3v) is 6.22. The van der Waals surface area contributed by atoms with E-state index in [0.29, 0.717) is 18.4 Å². The number of carbonyl (C=O) groups excluding carboxylic acids is 1. The fourth-order valence-corrected chi connectivity index (χ4v) is 4.37. The van der Waals surface area contributed by atoms with Crippen LogP contribution in [0.1, 0.15) is 43.6 Å². The highest BCUT2D eigenvalue weighted by atomic mass is 19.4. The first-order valence-corrected chi connectivity index (χ1v) is 11.1. The summed E-state index contributed by atoms with van der Waals surface area (Å²) in [5.74, 6) is -2.04. The standard InChI is InChI=1S/C24H28F6N2O/c25-23(26,27)20-13-17(14-21(15-20)24(28,29)30)16-31-22(33)7-4-10-32-11-8-19(9-12-32)18-5-2-1-3-6-18/h1-3,5-6,13,15,19,21H,4,7-12,14,16H2,(H,31,33). The van der Waals surface area contributed by atoms with Crippen LogP contribution in [0.4, 0.5) is 26.3 Å². The first-order chi connectivity index (χ1) is 15.5. The maximum atomic E-state index is 13.0. The van der Waals surface area contributed by atoms with E-state index in [-0.39, 0.29) is 30.5 Å². The molecule has 3 nitrogen and oxygen atoms in total. The first kappa shape index (κ1) is 25.3. The predicted octanol–water partition coefficient (Wildman–Crippen LogP) is 5.76. The van der Waals surface area contributed by atoms with Crippen LogP contribution < -0.4 is 5.32 Å². The van der Waals surface area contributed by atoms with Crippen molar-refractivity contribution in [3.05, 3.63) is 59.2 Å². The summed E-state index contributed by atoms with van der Waals surface area (Å²) in [7, 11) is 0. The molecule has 1 atom stereocenters. The van der Waals surface area contributed by atoms with Crippen molar-refractivity contribution in [2.45, 2.75) is 50.4 Å². The van der Waals surface area contributed by atoms with Gasteiger partial charge in [-0.3, -0.25) is 4.79 Å². The van der Waals surface area contributed by atoms with Gasteiger partial charge in [0.2, 0.25) is 5.91 Å². The minimum atomic E-state index is -4.87. The van der Waals surface area contributed by atoms with Crippen LogP contribution in [-0.4, -0.2) is 49.3 Å². The topological polar surface area (TPSA) is 32.3 Å². The molecule has 0 saturated carbocycles. The lowest BCUT2D eigenvalue weighted by Gasteiger charge is -2.32. The number of alkyl halides is 6. The lowest BCUT2D eigenvalue weighted by Crippen LogP contribution is -2.34. The number of allylic oxidation sites excluding steroid dienone is 3. The molecule has 0 bridgehead atoms. The molecule has 2 aliphatic rings. The van der Waals surface area contributed by atoms with Crippen LogP contribution in [-0.2, 0) is 4.79 Å². The Labute approximate surface area is 189 Å². The van der Waals surface area contributed by atoms with E-state index in [2.05, 4.69) is 22.3 Å². The molecule has 9 heteroatoms. The minimum Gasteiger partial charge on any atom is -0.352 e. The summed E-state index contributed by atoms with van der Waals surface area (Å²) >= 11 is 0. The van der Waals surface area contributed by atoms with E-state index in [0.717, 1.165) is 32.5 Å². The van der Waals surface area contributed by atoms with Crippen molar-refractivity contribution in [3.63, 3.8) is 0 Å². The Balaban J connectivity index is 1.40. The lowest BCUT2D eigenvalue weighted by atomic mass is 9.89. The van der Waals surface area contributed by atoms with Crippen LogP contribution in [0.2, 0.25) is 0 Å². The van der Waals surface area contributed by atoms with Gasteiger partial charge in [0.15, 0.2) is 0 Å². The highest BCUT2D eigenvalue weighted by Gasteiger charge is 2.43. The van der Waals surface area contributed by atoms with Crippen molar-refractivity contribution < 1.29 is 31.1 Å². The molecule has 0 spiro atoms. The summed E-state index contributed by atoms with van der Waals surface area (Å²) in [6, 6.07) is 10.3. The van der Waals surface area contributed by atoms with E-state index in [9.17, 15) is 31.1 Å². The molecule has 1 N–H and O–H groups in total. The second-order valence-electron chi connectivity index (χ2n) is 8.68. The van der Waals surface area contributed by atoms with Crippen LogP contribution in [0, 0.1) is 5.92 Å². The van der Waals surface area contributed by atoms with E-state index in [1.807, 2.05) is 18.2 Å². The summed E-state index contributed by atoms with van der Waals surface area (Å²) in [5.41, 5.74) is -0.0625. The van der Waals surface area contributed by atoms with Gasteiger partial charge in [-0.1, -0.05) is 36.4 Å². The van der Waals surface area contributed by atoms with E-state index < -0.39 is 30.3 Å². The lowest BCUT2D eigenvalue weighted by molar-refractivity contribution is -0.162. The number of carbonyl (C=O) groups is 1. The van der Waals surface area contributed by atoms with E-state index >= 15 is 0 Å². The molecular weight excluding hydrogens is 446 g/mol. The zero-order chi connectivity index (χ0) is 24.1. The molecule has 1 fully saturated rings. The van der Waals surface area contributed by atoms with Crippen molar-refractivity contribution in [1.29, 1.82) is 0 Å². The van der Waals surface area contributed by atoms with Gasteiger partial charge in [-0.05, 0) is 68.4 Å². The largest absolute Gasteiger partial charge is 0.416 e. The van der Waals surface area contributed by atoms with Crippen LogP contribution in [0.5, 0.6) is 0 Å². The first-order valence-electron chi connectivity index (χ1n) is 11.1. The van der Waals surface area contributed by atoms with Crippen molar-refractivity contribution in [2.24, 2.45) is 5.92 Å². The summed E-state index contributed by atoms with van der Waals surface area (Å²) in [6.45, 7) is 2.27. The van der Waals surface area contributed by atoms with Crippen LogP contribution >= 0.6 is 0 Å². The highest BCUT2D eigenvalue weighted by Crippen LogP contribution is 2.40. The Morgan fingerprint density at radius 1 is 1.03 bits per heavy atom. The maximum absolute atomic E-state index is 13.0. The number of nitrogens with zero attached hydrogens (tertiary/aromatic N) is 1. The number of halogens is 6. The Morgan fingerprint density at radius 3 is 2.30 bits per heavy atom. The Morgan fingerprint density at radius 2 is 1.70 bits per heavy atom. The number of amides is 1. The van der Waals surface area contributed by atoms with Crippen LogP contribution in [0.25, 0.3) is 0 Å². The van der Waals surface area contributed by atoms with Gasteiger partial charge in [-0.25, -0.2) is 0 Å². The number of likely N-dealkylation sites (tertiary alicyclic amines) is 1. The number of hydrogen-bond donors (Lipinski definition) is 1. The average Bonchev–Trinajstić information content (AvgIpc) is 2.77. The molecule has 1 saturated heterocycles. The van der Waals surface area contributed by atoms with Gasteiger partial charge >= 0.3 is 12.4 Å². The highest BCUT2D eigenvalue weighted by molar-refractivity contribution is 5.76. The molecule has 3 rings (SSSR count). The van der Waals surface area contributed by atoms with Gasteiger partial charge in [0.05, 0.1) is 11.5 Å². The smallest absolute Gasteiger partial charge is 0.352 e. The molecule has 1 amide bonds. The fraction of sp³-hybridized carbons (Fsp3) is 0.542. The summed E-state index contributed by atoms with van der Waals surface area (Å²) in [4.78, 5) is 14.4. The molecule has 0 aromatic heterocycles. The van der Waals surface area contributed by atoms with E-state index in [1.54, 1.807) is 0 Å². The van der Waals surface area contributed by atoms with Gasteiger partial charge in [-0.15, -0.1) is 0 Å². The van der Waals surface area contributed by atoms with Gasteiger partial charge in [0, 0.05) is 13.0 Å². The van der Waals surface area contributed by atoms with Crippen molar-refractivity contribution in [2.75, 3.05) is 26.2 Å². The van der Waals surface area contributed by atoms with Gasteiger partial charge < -0.3 is 10.2 Å². The fourth-order valence-electron chi connectivity index (χ4n) is 4.37. The number of nitrogens with one attached hydrogen (secondary N) is 1. The normalized spacial score (nSPS) is 20.8. The average molecular weight is 474 g/mol. The van der Waals surface area contributed by atoms with Crippen molar-refractivity contribution in [3.8, 4) is 0 Å². The van der Waals surface area contributed by atoms with Crippen molar-refractivity contribution in [1.82, 2.24) is 10.2 Å². The summed E-state index contributed by atoms with van der Waals surface area (Å²) in [6.07, 6.45) is -6.46. The molecule has 182 valence electrons. The molecule has 1 aliphatic carbocycles. The van der Waals surface area contributed by atoms with Crippen molar-refractivity contribution >= 4 is 5.91 Å². The predicted molar refractivity (Wildman–Crippen MR) is 113 cm³/mol. The molecule has 33 heavy (non-hydrogen) atoms. The van der Waals surface area contributed by atoms with E-state index in [1.165, 1.54) is 5.56 Å². The minimum absolute atomic E-state index is 0.0801. The monoisotopic (exact) mass is 474 g/mol. The SMILES string of the molecule is O=C(CCCN1CCC(c2ccccc2)CC1)NCC1=CC(C(F)(F)F)=CC(C(F)(F)F)C1. The van der Waals surface area contributed by atoms with Gasteiger partial charge in [0.1, 0.15) is 0 Å².